The summed E-state index contributed by atoms with van der Waals surface area (Å²) in [5, 5.41) is 48.0. The lowest BCUT2D eigenvalue weighted by Gasteiger charge is -2.50. The van der Waals surface area contributed by atoms with Crippen LogP contribution in [0.2, 0.25) is 0 Å². The van der Waals surface area contributed by atoms with Crippen LogP contribution in [0.1, 0.15) is 28.7 Å². The number of fused-ring (bicyclic) bond motifs is 3. The number of amides is 1. The lowest BCUT2D eigenvalue weighted by molar-refractivity contribution is -0.153. The van der Waals surface area contributed by atoms with Crippen molar-refractivity contribution in [2.75, 3.05) is 14.1 Å². The van der Waals surface area contributed by atoms with Crippen LogP contribution < -0.4 is 11.1 Å². The second-order valence-electron chi connectivity index (χ2n) is 10.6. The average Bonchev–Trinajstić information content (AvgIpc) is 2.87. The molecule has 1 fully saturated rings. The maximum absolute atomic E-state index is 13.9. The molecular formula is C29H31N3O7. The molecule has 1 amide bonds. The number of aliphatic hydroxyl groups excluding tert-OH is 2. The maximum Gasteiger partial charge on any atom is 0.255 e. The van der Waals surface area contributed by atoms with E-state index in [4.69, 9.17) is 5.73 Å². The molecular weight excluding hydrogens is 502 g/mol. The van der Waals surface area contributed by atoms with Crippen molar-refractivity contribution < 1.29 is 34.8 Å². The van der Waals surface area contributed by atoms with Gasteiger partial charge in [0.05, 0.1) is 11.6 Å². The Balaban J connectivity index is 1.58. The molecule has 0 saturated heterocycles. The summed E-state index contributed by atoms with van der Waals surface area (Å²) in [7, 11) is 3.14. The first kappa shape index (κ1) is 26.6. The van der Waals surface area contributed by atoms with Gasteiger partial charge in [0.1, 0.15) is 22.8 Å². The topological polar surface area (TPSA) is 173 Å². The van der Waals surface area contributed by atoms with Gasteiger partial charge in [0, 0.05) is 24.6 Å². The fourth-order valence-corrected chi connectivity index (χ4v) is 6.41. The van der Waals surface area contributed by atoms with E-state index in [1.165, 1.54) is 11.0 Å². The number of aromatic hydroxyl groups is 1. The maximum atomic E-state index is 13.9. The normalized spacial score (nSPS) is 26.4. The number of rotatable bonds is 6. The van der Waals surface area contributed by atoms with Gasteiger partial charge in [-0.25, -0.2) is 0 Å². The highest BCUT2D eigenvalue weighted by Gasteiger charge is 2.64. The quantitative estimate of drug-likeness (QED) is 0.299. The van der Waals surface area contributed by atoms with E-state index in [1.54, 1.807) is 20.2 Å². The zero-order chi connectivity index (χ0) is 28.2. The fraction of sp³-hybridized carbons (Fsp3) is 0.345. The van der Waals surface area contributed by atoms with Crippen molar-refractivity contribution in [3.05, 3.63) is 81.6 Å². The van der Waals surface area contributed by atoms with Gasteiger partial charge in [-0.3, -0.25) is 19.3 Å². The number of likely N-dealkylation sites (N-methyl/N-ethyl adjacent to an activating group) is 1. The third-order valence-electron chi connectivity index (χ3n) is 8.19. The minimum atomic E-state index is -2.64. The van der Waals surface area contributed by atoms with Crippen LogP contribution in [0.5, 0.6) is 5.75 Å². The SMILES string of the molecule is CN(C)[C@H]1C(=O)C(C(N)=O)=C(O)[C@]2(O)C(=O)C3=C(O)c4c(O)ccc(CNCc5ccccc5)c4C[C@@H]3C[C@H]12. The molecule has 2 aromatic carbocycles. The molecule has 0 aliphatic heterocycles. The molecule has 3 aliphatic carbocycles. The lowest BCUT2D eigenvalue weighted by Crippen LogP contribution is -2.65. The number of ketones is 2. The molecule has 10 heteroatoms. The second-order valence-corrected chi connectivity index (χ2v) is 10.6. The van der Waals surface area contributed by atoms with Gasteiger partial charge in [-0.2, -0.15) is 0 Å². The number of Topliss-reactive ketones (excluding diaryl/α,β-unsaturated/α-hetero) is 2. The van der Waals surface area contributed by atoms with Gasteiger partial charge in [-0.05, 0) is 55.6 Å². The lowest BCUT2D eigenvalue weighted by atomic mass is 9.57. The van der Waals surface area contributed by atoms with Gasteiger partial charge in [-0.15, -0.1) is 0 Å². The monoisotopic (exact) mass is 533 g/mol. The Hall–Kier alpha value is -3.99. The Morgan fingerprint density at radius 3 is 2.41 bits per heavy atom. The zero-order valence-corrected chi connectivity index (χ0v) is 21.6. The van der Waals surface area contributed by atoms with E-state index >= 15 is 0 Å². The summed E-state index contributed by atoms with van der Waals surface area (Å²) < 4.78 is 0. The van der Waals surface area contributed by atoms with E-state index < -0.39 is 58.0 Å². The smallest absolute Gasteiger partial charge is 0.255 e. The third-order valence-corrected chi connectivity index (χ3v) is 8.19. The Morgan fingerprint density at radius 2 is 1.77 bits per heavy atom. The van der Waals surface area contributed by atoms with Gasteiger partial charge < -0.3 is 31.5 Å². The van der Waals surface area contributed by atoms with Crippen molar-refractivity contribution in [3.63, 3.8) is 0 Å². The summed E-state index contributed by atoms with van der Waals surface area (Å²) in [6.07, 6.45) is 0.309. The molecule has 0 spiro atoms. The molecule has 1 saturated carbocycles. The summed E-state index contributed by atoms with van der Waals surface area (Å²) in [6, 6.07) is 11.9. The van der Waals surface area contributed by atoms with Crippen LogP contribution in [0.4, 0.5) is 0 Å². The van der Waals surface area contributed by atoms with Crippen LogP contribution in [0, 0.1) is 11.8 Å². The third kappa shape index (κ3) is 4.03. The number of hydrogen-bond acceptors (Lipinski definition) is 9. The van der Waals surface area contributed by atoms with Crippen molar-refractivity contribution in [1.29, 1.82) is 0 Å². The summed E-state index contributed by atoms with van der Waals surface area (Å²) >= 11 is 0. The number of carbonyl (C=O) groups is 3. The first-order valence-corrected chi connectivity index (χ1v) is 12.7. The Morgan fingerprint density at radius 1 is 1.08 bits per heavy atom. The van der Waals surface area contributed by atoms with Gasteiger partial charge in [0.25, 0.3) is 5.91 Å². The number of nitrogens with two attached hydrogens (primary N) is 1. The summed E-state index contributed by atoms with van der Waals surface area (Å²) in [5.41, 5.74) is 4.37. The predicted octanol–water partition coefficient (Wildman–Crippen LogP) is 1.25. The number of nitrogens with zero attached hydrogens (tertiary/aromatic N) is 1. The molecule has 0 bridgehead atoms. The molecule has 0 radical (unpaired) electrons. The van der Waals surface area contributed by atoms with Gasteiger partial charge in [0.15, 0.2) is 11.4 Å². The van der Waals surface area contributed by atoms with Crippen molar-refractivity contribution in [3.8, 4) is 5.75 Å². The number of nitrogens with one attached hydrogen (secondary N) is 1. The Labute approximate surface area is 225 Å². The predicted molar refractivity (Wildman–Crippen MR) is 141 cm³/mol. The van der Waals surface area contributed by atoms with Gasteiger partial charge in [0.2, 0.25) is 5.78 Å². The first-order chi connectivity index (χ1) is 18.5. The van der Waals surface area contributed by atoms with E-state index in [0.29, 0.717) is 18.7 Å². The summed E-state index contributed by atoms with van der Waals surface area (Å²) in [5.74, 6) is -6.58. The van der Waals surface area contributed by atoms with Crippen molar-refractivity contribution >= 4 is 23.2 Å². The molecule has 0 heterocycles. The number of phenols is 1. The molecule has 0 unspecified atom stereocenters. The van der Waals surface area contributed by atoms with E-state index in [0.717, 1.165) is 11.1 Å². The van der Waals surface area contributed by atoms with Gasteiger partial charge >= 0.3 is 0 Å². The number of phenolic OH excluding ortho intramolecular Hbond substituents is 1. The highest BCUT2D eigenvalue weighted by atomic mass is 16.3. The highest BCUT2D eigenvalue weighted by molar-refractivity contribution is 6.24. The average molecular weight is 534 g/mol. The van der Waals surface area contributed by atoms with Crippen molar-refractivity contribution in [2.45, 2.75) is 37.6 Å². The molecule has 204 valence electrons. The molecule has 5 rings (SSSR count). The number of hydrogen-bond donors (Lipinski definition) is 6. The van der Waals surface area contributed by atoms with Crippen molar-refractivity contribution in [1.82, 2.24) is 10.2 Å². The molecule has 39 heavy (non-hydrogen) atoms. The van der Waals surface area contributed by atoms with Gasteiger partial charge in [-0.1, -0.05) is 36.4 Å². The van der Waals surface area contributed by atoms with Crippen LogP contribution in [-0.2, 0) is 33.9 Å². The Kier molecular flexibility index (Phi) is 6.58. The first-order valence-electron chi connectivity index (χ1n) is 12.7. The molecule has 2 aromatic rings. The largest absolute Gasteiger partial charge is 0.508 e. The van der Waals surface area contributed by atoms with E-state index in [9.17, 15) is 34.8 Å². The molecule has 7 N–H and O–H groups in total. The summed E-state index contributed by atoms with van der Waals surface area (Å²) in [4.78, 5) is 40.6. The Bertz CT molecular complexity index is 1450. The second kappa shape index (κ2) is 9.64. The molecule has 0 aromatic heterocycles. The number of carbonyl (C=O) groups excluding carboxylic acids is 3. The van der Waals surface area contributed by atoms with Crippen LogP contribution in [0.15, 0.2) is 59.4 Å². The fourth-order valence-electron chi connectivity index (χ4n) is 6.41. The molecule has 3 aliphatic rings. The zero-order valence-electron chi connectivity index (χ0n) is 21.6. The van der Waals surface area contributed by atoms with Crippen molar-refractivity contribution in [2.24, 2.45) is 17.6 Å². The minimum Gasteiger partial charge on any atom is -0.508 e. The highest BCUT2D eigenvalue weighted by Crippen LogP contribution is 2.52. The summed E-state index contributed by atoms with van der Waals surface area (Å²) in [6.45, 7) is 1.03. The standard InChI is InChI=1S/C29H31N3O7/c1-32(2)23-18-11-16-10-17-15(13-31-12-14-6-4-3-5-7-14)8-9-19(33)21(17)24(34)20(16)26(36)29(18,39)27(37)22(25(23)35)28(30)38/h3-9,16,18,23,31,33-34,37,39H,10-13H2,1-2H3,(H2,30,38)/t16-,18-,23-,29-/m1/s1. The van der Waals surface area contributed by atoms with E-state index in [2.05, 4.69) is 5.32 Å². The van der Waals surface area contributed by atoms with Crippen LogP contribution >= 0.6 is 0 Å². The number of primary amides is 1. The number of benzene rings is 2. The van der Waals surface area contributed by atoms with E-state index in [1.807, 2.05) is 30.3 Å². The minimum absolute atomic E-state index is 0.0539. The van der Waals surface area contributed by atoms with Crippen LogP contribution in [0.25, 0.3) is 5.76 Å². The van der Waals surface area contributed by atoms with Crippen LogP contribution in [0.3, 0.4) is 0 Å². The molecule has 10 nitrogen and oxygen atoms in total. The number of aliphatic hydroxyl groups is 3. The van der Waals surface area contributed by atoms with Crippen LogP contribution in [-0.4, -0.2) is 68.5 Å². The van der Waals surface area contributed by atoms with E-state index in [-0.39, 0.29) is 29.7 Å². The molecule has 4 atom stereocenters.